The molecule has 2 aliphatic heterocycles. The van der Waals surface area contributed by atoms with Crippen LogP contribution in [0, 0.1) is 12.8 Å². The fourth-order valence-electron chi connectivity index (χ4n) is 4.68. The zero-order valence-corrected chi connectivity index (χ0v) is 21.1. The number of hydrogen-bond donors (Lipinski definition) is 1. The van der Waals surface area contributed by atoms with Crippen LogP contribution in [0.25, 0.3) is 0 Å². The zero-order chi connectivity index (χ0) is 25.0. The predicted molar refractivity (Wildman–Crippen MR) is 134 cm³/mol. The van der Waals surface area contributed by atoms with Crippen molar-refractivity contribution in [2.24, 2.45) is 5.92 Å². The average Bonchev–Trinajstić information content (AvgIpc) is 2.90. The highest BCUT2D eigenvalue weighted by Crippen LogP contribution is 2.26. The molecular weight excluding hydrogens is 466 g/mol. The topological polar surface area (TPSA) is 96.0 Å². The van der Waals surface area contributed by atoms with Gasteiger partial charge in [-0.3, -0.25) is 14.5 Å². The van der Waals surface area contributed by atoms with Crippen LogP contribution in [-0.4, -0.2) is 74.7 Å². The van der Waals surface area contributed by atoms with Crippen molar-refractivity contribution in [1.82, 2.24) is 9.21 Å². The standard InChI is InChI=1S/C26H33N3O5S/c1-19-8-9-23(18-24(19)35(32,33)29-14-16-34-17-15-29)27-26(31)20(2)28-12-10-22(11-13-28)25(30)21-6-4-3-5-7-21/h3-9,18,20,22H,10-17H2,1-2H3,(H,27,31)/t20-/m0/s1. The number of piperidine rings is 1. The van der Waals surface area contributed by atoms with Gasteiger partial charge in [-0.15, -0.1) is 0 Å². The summed E-state index contributed by atoms with van der Waals surface area (Å²) in [4.78, 5) is 28.0. The summed E-state index contributed by atoms with van der Waals surface area (Å²) in [7, 11) is -3.67. The van der Waals surface area contributed by atoms with Gasteiger partial charge in [0.15, 0.2) is 5.78 Å². The van der Waals surface area contributed by atoms with E-state index in [-0.39, 0.29) is 22.5 Å². The zero-order valence-electron chi connectivity index (χ0n) is 20.3. The molecular formula is C26H33N3O5S. The number of carbonyl (C=O) groups is 2. The van der Waals surface area contributed by atoms with Gasteiger partial charge in [-0.05, 0) is 57.5 Å². The predicted octanol–water partition coefficient (Wildman–Crippen LogP) is 2.94. The van der Waals surface area contributed by atoms with Gasteiger partial charge in [-0.2, -0.15) is 4.31 Å². The van der Waals surface area contributed by atoms with E-state index in [9.17, 15) is 18.0 Å². The molecule has 0 bridgehead atoms. The third kappa shape index (κ3) is 5.81. The lowest BCUT2D eigenvalue weighted by molar-refractivity contribution is -0.121. The number of aryl methyl sites for hydroxylation is 1. The summed E-state index contributed by atoms with van der Waals surface area (Å²) in [5.74, 6) is -0.0682. The summed E-state index contributed by atoms with van der Waals surface area (Å²) < 4.78 is 33.0. The molecule has 35 heavy (non-hydrogen) atoms. The second kappa shape index (κ2) is 11.0. The molecule has 1 atom stereocenters. The van der Waals surface area contributed by atoms with Gasteiger partial charge in [0.25, 0.3) is 0 Å². The van der Waals surface area contributed by atoms with E-state index in [1.54, 1.807) is 19.1 Å². The van der Waals surface area contributed by atoms with Crippen molar-refractivity contribution in [3.63, 3.8) is 0 Å². The smallest absolute Gasteiger partial charge is 0.243 e. The van der Waals surface area contributed by atoms with E-state index in [1.807, 2.05) is 37.3 Å². The van der Waals surface area contributed by atoms with Crippen LogP contribution in [0.1, 0.15) is 35.7 Å². The highest BCUT2D eigenvalue weighted by atomic mass is 32.2. The second-order valence-electron chi connectivity index (χ2n) is 9.20. The highest BCUT2D eigenvalue weighted by molar-refractivity contribution is 7.89. The summed E-state index contributed by atoms with van der Waals surface area (Å²) in [6.45, 7) is 6.29. The van der Waals surface area contributed by atoms with Gasteiger partial charge >= 0.3 is 0 Å². The number of nitrogens with one attached hydrogen (secondary N) is 1. The molecule has 9 heteroatoms. The number of carbonyl (C=O) groups excluding carboxylic acids is 2. The molecule has 4 rings (SSSR count). The summed E-state index contributed by atoms with van der Waals surface area (Å²) in [5.41, 5.74) is 1.82. The normalized spacial score (nSPS) is 19.3. The van der Waals surface area contributed by atoms with Gasteiger partial charge in [-0.1, -0.05) is 36.4 Å². The first-order valence-corrected chi connectivity index (χ1v) is 13.5. The summed E-state index contributed by atoms with van der Waals surface area (Å²) in [6, 6.07) is 13.9. The minimum Gasteiger partial charge on any atom is -0.379 e. The molecule has 2 heterocycles. The Balaban J connectivity index is 1.37. The van der Waals surface area contributed by atoms with Crippen molar-refractivity contribution >= 4 is 27.4 Å². The maximum atomic E-state index is 13.1. The SMILES string of the molecule is Cc1ccc(NC(=O)[C@H](C)N2CCC(C(=O)c3ccccc3)CC2)cc1S(=O)(=O)N1CCOCC1. The van der Waals surface area contributed by atoms with Crippen LogP contribution < -0.4 is 5.32 Å². The molecule has 8 nitrogen and oxygen atoms in total. The molecule has 2 fully saturated rings. The van der Waals surface area contributed by atoms with Crippen molar-refractivity contribution in [3.8, 4) is 0 Å². The van der Waals surface area contributed by atoms with Crippen molar-refractivity contribution in [2.75, 3.05) is 44.7 Å². The lowest BCUT2D eigenvalue weighted by atomic mass is 9.88. The van der Waals surface area contributed by atoms with Crippen molar-refractivity contribution in [2.45, 2.75) is 37.6 Å². The molecule has 1 N–H and O–H groups in total. The molecule has 0 aliphatic carbocycles. The fourth-order valence-corrected chi connectivity index (χ4v) is 6.34. The maximum Gasteiger partial charge on any atom is 0.243 e. The number of ether oxygens (including phenoxy) is 1. The maximum absolute atomic E-state index is 13.1. The number of likely N-dealkylation sites (tertiary alicyclic amines) is 1. The number of morpholine rings is 1. The van der Waals surface area contributed by atoms with Crippen LogP contribution in [-0.2, 0) is 19.6 Å². The quantitative estimate of drug-likeness (QED) is 0.589. The molecule has 2 aliphatic rings. The molecule has 0 unspecified atom stereocenters. The Labute approximate surface area is 207 Å². The minimum atomic E-state index is -3.67. The molecule has 0 aromatic heterocycles. The van der Waals surface area contributed by atoms with E-state index < -0.39 is 16.1 Å². The molecule has 1 amide bonds. The Hall–Kier alpha value is -2.59. The van der Waals surface area contributed by atoms with Crippen LogP contribution in [0.5, 0.6) is 0 Å². The number of benzene rings is 2. The van der Waals surface area contributed by atoms with Gasteiger partial charge in [0, 0.05) is 30.3 Å². The number of rotatable bonds is 7. The molecule has 2 aromatic rings. The van der Waals surface area contributed by atoms with Gasteiger partial charge in [0.05, 0.1) is 24.2 Å². The van der Waals surface area contributed by atoms with E-state index in [1.165, 1.54) is 10.4 Å². The Morgan fingerprint density at radius 2 is 1.66 bits per heavy atom. The van der Waals surface area contributed by atoms with Crippen LogP contribution in [0.2, 0.25) is 0 Å². The molecule has 2 aromatic carbocycles. The minimum absolute atomic E-state index is 0.0334. The molecule has 0 saturated carbocycles. The fraction of sp³-hybridized carbons (Fsp3) is 0.462. The van der Waals surface area contributed by atoms with Crippen molar-refractivity contribution in [3.05, 3.63) is 59.7 Å². The first-order valence-electron chi connectivity index (χ1n) is 12.1. The average molecular weight is 500 g/mol. The Morgan fingerprint density at radius 1 is 1.00 bits per heavy atom. The lowest BCUT2D eigenvalue weighted by Crippen LogP contribution is -2.47. The number of amides is 1. The van der Waals surface area contributed by atoms with E-state index in [2.05, 4.69) is 10.2 Å². The largest absolute Gasteiger partial charge is 0.379 e. The highest BCUT2D eigenvalue weighted by Gasteiger charge is 2.31. The number of sulfonamides is 1. The van der Waals surface area contributed by atoms with Crippen molar-refractivity contribution < 1.29 is 22.7 Å². The summed E-state index contributed by atoms with van der Waals surface area (Å²) >= 11 is 0. The first kappa shape index (κ1) is 25.5. The molecule has 2 saturated heterocycles. The third-order valence-electron chi connectivity index (χ3n) is 6.93. The number of Topliss-reactive ketones (excluding diaryl/α,β-unsaturated/α-hetero) is 1. The number of ketones is 1. The Bertz CT molecular complexity index is 1150. The van der Waals surface area contributed by atoms with Crippen LogP contribution in [0.4, 0.5) is 5.69 Å². The van der Waals surface area contributed by atoms with Crippen LogP contribution in [0.15, 0.2) is 53.4 Å². The third-order valence-corrected chi connectivity index (χ3v) is 8.97. The second-order valence-corrected chi connectivity index (χ2v) is 11.1. The lowest BCUT2D eigenvalue weighted by Gasteiger charge is -2.34. The van der Waals surface area contributed by atoms with Crippen molar-refractivity contribution in [1.29, 1.82) is 0 Å². The monoisotopic (exact) mass is 499 g/mol. The number of hydrogen-bond acceptors (Lipinski definition) is 6. The van der Waals surface area contributed by atoms with E-state index >= 15 is 0 Å². The number of anilines is 1. The van der Waals surface area contributed by atoms with Gasteiger partial charge in [0.1, 0.15) is 0 Å². The number of nitrogens with zero attached hydrogens (tertiary/aromatic N) is 2. The molecule has 0 radical (unpaired) electrons. The van der Waals surface area contributed by atoms with Crippen LogP contribution >= 0.6 is 0 Å². The van der Waals surface area contributed by atoms with E-state index in [0.29, 0.717) is 63.5 Å². The van der Waals surface area contributed by atoms with E-state index in [0.717, 1.165) is 5.56 Å². The Kier molecular flexibility index (Phi) is 8.01. The van der Waals surface area contributed by atoms with Gasteiger partial charge < -0.3 is 10.1 Å². The van der Waals surface area contributed by atoms with Crippen LogP contribution in [0.3, 0.4) is 0 Å². The molecule has 188 valence electrons. The van der Waals surface area contributed by atoms with Gasteiger partial charge in [-0.25, -0.2) is 8.42 Å². The van der Waals surface area contributed by atoms with E-state index in [4.69, 9.17) is 4.74 Å². The first-order chi connectivity index (χ1) is 16.8. The summed E-state index contributed by atoms with van der Waals surface area (Å²) in [5, 5.41) is 2.89. The van der Waals surface area contributed by atoms with Gasteiger partial charge in [0.2, 0.25) is 15.9 Å². The Morgan fingerprint density at radius 3 is 2.31 bits per heavy atom. The molecule has 0 spiro atoms. The summed E-state index contributed by atoms with van der Waals surface area (Å²) in [6.07, 6.45) is 1.41.